The van der Waals surface area contributed by atoms with Gasteiger partial charge in [0.2, 0.25) is 5.91 Å². The minimum atomic E-state index is -0.195. The minimum Gasteiger partial charge on any atom is -0.379 e. The lowest BCUT2D eigenvalue weighted by atomic mass is 10.2. The van der Waals surface area contributed by atoms with E-state index in [-0.39, 0.29) is 23.3 Å². The van der Waals surface area contributed by atoms with Gasteiger partial charge < -0.3 is 10.1 Å². The van der Waals surface area contributed by atoms with Crippen molar-refractivity contribution in [3.05, 3.63) is 63.9 Å². The van der Waals surface area contributed by atoms with Crippen LogP contribution in [0.4, 0.5) is 5.69 Å². The highest BCUT2D eigenvalue weighted by Crippen LogP contribution is 2.20. The van der Waals surface area contributed by atoms with Crippen LogP contribution in [0.3, 0.4) is 0 Å². The molecule has 0 fully saturated rings. The summed E-state index contributed by atoms with van der Waals surface area (Å²) in [4.78, 5) is 30.0. The van der Waals surface area contributed by atoms with Crippen molar-refractivity contribution in [1.82, 2.24) is 9.55 Å². The summed E-state index contributed by atoms with van der Waals surface area (Å²) in [7, 11) is 0. The maximum atomic E-state index is 13.0. The summed E-state index contributed by atoms with van der Waals surface area (Å²) < 4.78 is 7.22. The molecule has 0 saturated heterocycles. The molecule has 6 nitrogen and oxygen atoms in total. The van der Waals surface area contributed by atoms with Gasteiger partial charge in [-0.3, -0.25) is 14.2 Å². The van der Waals surface area contributed by atoms with Crippen LogP contribution in [0.15, 0.2) is 58.5 Å². The number of ether oxygens (including phenoxy) is 1. The van der Waals surface area contributed by atoms with E-state index in [0.717, 1.165) is 0 Å². The predicted molar refractivity (Wildman–Crippen MR) is 123 cm³/mol. The van der Waals surface area contributed by atoms with E-state index in [1.807, 2.05) is 26.0 Å². The van der Waals surface area contributed by atoms with Crippen LogP contribution in [0.2, 0.25) is 5.02 Å². The van der Waals surface area contributed by atoms with Crippen molar-refractivity contribution in [2.45, 2.75) is 38.1 Å². The number of nitrogens with one attached hydrogen (secondary N) is 1. The molecule has 1 aromatic heterocycles. The van der Waals surface area contributed by atoms with Gasteiger partial charge >= 0.3 is 0 Å². The first kappa shape index (κ1) is 22.3. The van der Waals surface area contributed by atoms with Gasteiger partial charge in [-0.05, 0) is 50.6 Å². The maximum Gasteiger partial charge on any atom is 0.262 e. The predicted octanol–water partition coefficient (Wildman–Crippen LogP) is 4.60. The number of hydrogen-bond donors (Lipinski definition) is 1. The molecule has 3 rings (SSSR count). The van der Waals surface area contributed by atoms with Crippen LogP contribution in [0.5, 0.6) is 0 Å². The third-order valence-corrected chi connectivity index (χ3v) is 5.46. The van der Waals surface area contributed by atoms with E-state index >= 15 is 0 Å². The van der Waals surface area contributed by atoms with Crippen molar-refractivity contribution in [2.24, 2.45) is 0 Å². The molecule has 0 aliphatic rings. The molecule has 0 atom stereocenters. The summed E-state index contributed by atoms with van der Waals surface area (Å²) in [5.74, 6) is -0.0702. The summed E-state index contributed by atoms with van der Waals surface area (Å²) >= 11 is 7.20. The number of carbonyl (C=O) groups excluding carboxylic acids is 1. The van der Waals surface area contributed by atoms with E-state index in [0.29, 0.717) is 46.3 Å². The Morgan fingerprint density at radius 1 is 1.23 bits per heavy atom. The first-order valence-corrected chi connectivity index (χ1v) is 11.1. The molecule has 8 heteroatoms. The molecule has 0 aliphatic carbocycles. The summed E-state index contributed by atoms with van der Waals surface area (Å²) in [5, 5.41) is 4.44. The number of fused-ring (bicyclic) bond motifs is 1. The van der Waals surface area contributed by atoms with Crippen LogP contribution >= 0.6 is 23.4 Å². The summed E-state index contributed by atoms with van der Waals surface area (Å²) in [6.45, 7) is 4.98. The van der Waals surface area contributed by atoms with Crippen LogP contribution < -0.4 is 10.9 Å². The largest absolute Gasteiger partial charge is 0.379 e. The second-order valence-corrected chi connectivity index (χ2v) is 8.37. The Labute approximate surface area is 184 Å². The van der Waals surface area contributed by atoms with Crippen molar-refractivity contribution < 1.29 is 9.53 Å². The highest BCUT2D eigenvalue weighted by Gasteiger charge is 2.13. The van der Waals surface area contributed by atoms with E-state index in [1.54, 1.807) is 41.0 Å². The van der Waals surface area contributed by atoms with E-state index in [9.17, 15) is 9.59 Å². The third kappa shape index (κ3) is 6.08. The lowest BCUT2D eigenvalue weighted by Crippen LogP contribution is -2.25. The number of anilines is 1. The van der Waals surface area contributed by atoms with Crippen LogP contribution in [0.25, 0.3) is 10.9 Å². The number of para-hydroxylation sites is 1. The highest BCUT2D eigenvalue weighted by atomic mass is 35.5. The fourth-order valence-corrected chi connectivity index (χ4v) is 3.91. The van der Waals surface area contributed by atoms with Gasteiger partial charge in [-0.25, -0.2) is 4.98 Å². The lowest BCUT2D eigenvalue weighted by Gasteiger charge is -2.14. The average molecular weight is 446 g/mol. The molecule has 1 N–H and O–H groups in total. The molecule has 1 heterocycles. The third-order valence-electron chi connectivity index (χ3n) is 4.24. The summed E-state index contributed by atoms with van der Waals surface area (Å²) in [5.41, 5.74) is 1.14. The van der Waals surface area contributed by atoms with Crippen LogP contribution in [0, 0.1) is 0 Å². The zero-order chi connectivity index (χ0) is 21.5. The first-order chi connectivity index (χ1) is 14.4. The quantitative estimate of drug-likeness (QED) is 0.296. The smallest absolute Gasteiger partial charge is 0.262 e. The molecular formula is C22H24ClN3O3S. The number of hydrogen-bond acceptors (Lipinski definition) is 5. The minimum absolute atomic E-state index is 0.108. The van der Waals surface area contributed by atoms with Crippen LogP contribution in [0.1, 0.15) is 20.3 Å². The van der Waals surface area contributed by atoms with Gasteiger partial charge in [-0.15, -0.1) is 0 Å². The molecule has 0 radical (unpaired) electrons. The van der Waals surface area contributed by atoms with Crippen molar-refractivity contribution in [3.63, 3.8) is 0 Å². The number of rotatable bonds is 9. The van der Waals surface area contributed by atoms with Gasteiger partial charge in [0.05, 0.1) is 22.8 Å². The Morgan fingerprint density at radius 2 is 2.03 bits per heavy atom. The topological polar surface area (TPSA) is 73.2 Å². The number of halogens is 1. The highest BCUT2D eigenvalue weighted by molar-refractivity contribution is 7.99. The first-order valence-electron chi connectivity index (χ1n) is 9.73. The van der Waals surface area contributed by atoms with E-state index in [2.05, 4.69) is 10.3 Å². The fourth-order valence-electron chi connectivity index (χ4n) is 2.89. The van der Waals surface area contributed by atoms with Gasteiger partial charge in [0.25, 0.3) is 5.56 Å². The van der Waals surface area contributed by atoms with E-state index < -0.39 is 0 Å². The van der Waals surface area contributed by atoms with Crippen LogP contribution in [-0.4, -0.2) is 33.9 Å². The van der Waals surface area contributed by atoms with Crippen LogP contribution in [-0.2, 0) is 16.1 Å². The molecule has 3 aromatic rings. The monoisotopic (exact) mass is 445 g/mol. The Balaban J connectivity index is 1.76. The number of amides is 1. The molecule has 0 bridgehead atoms. The van der Waals surface area contributed by atoms with Gasteiger partial charge in [0.1, 0.15) is 0 Å². The van der Waals surface area contributed by atoms with Crippen molar-refractivity contribution in [2.75, 3.05) is 17.7 Å². The van der Waals surface area contributed by atoms with E-state index in [1.165, 1.54) is 11.8 Å². The molecule has 0 unspecified atom stereocenters. The van der Waals surface area contributed by atoms with Gasteiger partial charge in [0, 0.05) is 23.9 Å². The number of thioether (sulfide) groups is 1. The average Bonchev–Trinajstić information content (AvgIpc) is 2.71. The Bertz CT molecular complexity index is 1080. The number of benzene rings is 2. The molecule has 0 saturated carbocycles. The van der Waals surface area contributed by atoms with Crippen molar-refractivity contribution in [1.29, 1.82) is 0 Å². The molecule has 30 heavy (non-hydrogen) atoms. The number of carbonyl (C=O) groups is 1. The van der Waals surface area contributed by atoms with Gasteiger partial charge in [-0.1, -0.05) is 41.6 Å². The number of nitrogens with zero attached hydrogens (tertiary/aromatic N) is 2. The molecular weight excluding hydrogens is 422 g/mol. The zero-order valence-corrected chi connectivity index (χ0v) is 18.5. The number of aromatic nitrogens is 2. The van der Waals surface area contributed by atoms with E-state index in [4.69, 9.17) is 16.3 Å². The van der Waals surface area contributed by atoms with Gasteiger partial charge in [0.15, 0.2) is 5.16 Å². The fraction of sp³-hybridized carbons (Fsp3) is 0.318. The Morgan fingerprint density at radius 3 is 2.80 bits per heavy atom. The maximum absolute atomic E-state index is 13.0. The molecule has 0 spiro atoms. The Kier molecular flexibility index (Phi) is 7.90. The molecule has 158 valence electrons. The molecule has 1 amide bonds. The molecule has 2 aromatic carbocycles. The standard InChI is InChI=1S/C22H24ClN3O3S/c1-15(2)29-12-6-11-26-21(28)18-9-3-4-10-19(18)25-22(26)30-14-20(27)24-17-8-5-7-16(23)13-17/h3-5,7-10,13,15H,6,11-12,14H2,1-2H3,(H,24,27). The van der Waals surface area contributed by atoms with Crippen molar-refractivity contribution >= 4 is 45.9 Å². The second-order valence-electron chi connectivity index (χ2n) is 6.99. The second kappa shape index (κ2) is 10.6. The molecule has 0 aliphatic heterocycles. The summed E-state index contributed by atoms with van der Waals surface area (Å²) in [6, 6.07) is 14.2. The lowest BCUT2D eigenvalue weighted by molar-refractivity contribution is -0.113. The zero-order valence-electron chi connectivity index (χ0n) is 16.9. The SMILES string of the molecule is CC(C)OCCCn1c(SCC(=O)Nc2cccc(Cl)c2)nc2ccccc2c1=O. The Hall–Kier alpha value is -2.35. The normalized spacial score (nSPS) is 11.2. The summed E-state index contributed by atoms with van der Waals surface area (Å²) in [6.07, 6.45) is 0.820. The van der Waals surface area contributed by atoms with Gasteiger partial charge in [-0.2, -0.15) is 0 Å². The van der Waals surface area contributed by atoms with Crippen molar-refractivity contribution in [3.8, 4) is 0 Å².